The Kier molecular flexibility index (Phi) is 3.18. The molecule has 0 radical (unpaired) electrons. The fraction of sp³-hybridized carbons (Fsp3) is 0.333. The second-order valence-electron chi connectivity index (χ2n) is 2.91. The van der Waals surface area contributed by atoms with E-state index >= 15 is 0 Å². The summed E-state index contributed by atoms with van der Waals surface area (Å²) in [5, 5.41) is 0. The lowest BCUT2D eigenvalue weighted by atomic mass is 10.1. The number of aryl methyl sites for hydroxylation is 1. The molecular formula is C9H10F2N2O2. The van der Waals surface area contributed by atoms with Gasteiger partial charge in [0.1, 0.15) is 5.69 Å². The standard InChI is InChI=1S/C9H10F2N2O2/c1-4-3-5(8(12)14)6(7(10)11)13-9(4)15-2/h3,7H,1-2H3,(H2,12,14). The monoisotopic (exact) mass is 216 g/mol. The molecular weight excluding hydrogens is 206 g/mol. The van der Waals surface area contributed by atoms with Crippen molar-refractivity contribution >= 4 is 5.91 Å². The van der Waals surface area contributed by atoms with Gasteiger partial charge in [0.25, 0.3) is 12.3 Å². The molecule has 0 fully saturated rings. The molecule has 1 rings (SSSR count). The van der Waals surface area contributed by atoms with Crippen LogP contribution in [0.5, 0.6) is 5.88 Å². The Morgan fingerprint density at radius 1 is 1.60 bits per heavy atom. The normalized spacial score (nSPS) is 10.5. The van der Waals surface area contributed by atoms with Crippen molar-refractivity contribution in [1.29, 1.82) is 0 Å². The summed E-state index contributed by atoms with van der Waals surface area (Å²) in [6, 6.07) is 1.25. The predicted octanol–water partition coefficient (Wildman–Crippen LogP) is 1.44. The van der Waals surface area contributed by atoms with Gasteiger partial charge in [-0.05, 0) is 13.0 Å². The molecule has 0 atom stereocenters. The average molecular weight is 216 g/mol. The molecule has 0 aromatic carbocycles. The number of ether oxygens (including phenoxy) is 1. The third kappa shape index (κ3) is 2.20. The van der Waals surface area contributed by atoms with Crippen LogP contribution in [-0.4, -0.2) is 18.0 Å². The van der Waals surface area contributed by atoms with Gasteiger partial charge in [-0.25, -0.2) is 13.8 Å². The van der Waals surface area contributed by atoms with Gasteiger partial charge in [0.15, 0.2) is 0 Å². The van der Waals surface area contributed by atoms with E-state index in [4.69, 9.17) is 10.5 Å². The lowest BCUT2D eigenvalue weighted by Gasteiger charge is -2.09. The van der Waals surface area contributed by atoms with Crippen molar-refractivity contribution in [2.75, 3.05) is 7.11 Å². The van der Waals surface area contributed by atoms with E-state index in [0.29, 0.717) is 5.56 Å². The van der Waals surface area contributed by atoms with Gasteiger partial charge in [0, 0.05) is 5.56 Å². The zero-order valence-electron chi connectivity index (χ0n) is 8.25. The number of halogens is 2. The number of nitrogens with two attached hydrogens (primary N) is 1. The molecule has 4 nitrogen and oxygen atoms in total. The van der Waals surface area contributed by atoms with Crippen LogP contribution in [0.2, 0.25) is 0 Å². The van der Waals surface area contributed by atoms with Gasteiger partial charge in [0.2, 0.25) is 5.88 Å². The quantitative estimate of drug-likeness (QED) is 0.831. The van der Waals surface area contributed by atoms with Gasteiger partial charge in [-0.1, -0.05) is 0 Å². The van der Waals surface area contributed by atoms with Crippen LogP contribution in [0.1, 0.15) is 28.0 Å². The maximum atomic E-state index is 12.5. The minimum Gasteiger partial charge on any atom is -0.481 e. The summed E-state index contributed by atoms with van der Waals surface area (Å²) in [7, 11) is 1.31. The second kappa shape index (κ2) is 4.20. The number of primary amides is 1. The van der Waals surface area contributed by atoms with Crippen molar-refractivity contribution < 1.29 is 18.3 Å². The maximum absolute atomic E-state index is 12.5. The minimum absolute atomic E-state index is 0.0651. The first-order valence-electron chi connectivity index (χ1n) is 4.10. The first-order valence-corrected chi connectivity index (χ1v) is 4.10. The van der Waals surface area contributed by atoms with Crippen LogP contribution in [0.15, 0.2) is 6.07 Å². The summed E-state index contributed by atoms with van der Waals surface area (Å²) < 4.78 is 29.8. The van der Waals surface area contributed by atoms with E-state index in [1.54, 1.807) is 6.92 Å². The van der Waals surface area contributed by atoms with Crippen LogP contribution < -0.4 is 10.5 Å². The van der Waals surface area contributed by atoms with E-state index in [9.17, 15) is 13.6 Å². The van der Waals surface area contributed by atoms with Crippen LogP contribution in [0, 0.1) is 6.92 Å². The summed E-state index contributed by atoms with van der Waals surface area (Å²) in [6.45, 7) is 1.59. The maximum Gasteiger partial charge on any atom is 0.281 e. The highest BCUT2D eigenvalue weighted by Crippen LogP contribution is 2.25. The molecule has 0 bridgehead atoms. The molecule has 2 N–H and O–H groups in total. The zero-order chi connectivity index (χ0) is 11.6. The van der Waals surface area contributed by atoms with Gasteiger partial charge in [-0.3, -0.25) is 4.79 Å². The molecule has 1 heterocycles. The fourth-order valence-corrected chi connectivity index (χ4v) is 1.18. The number of aromatic nitrogens is 1. The number of carbonyl (C=O) groups is 1. The third-order valence-electron chi connectivity index (χ3n) is 1.86. The Balaban J connectivity index is 3.38. The van der Waals surface area contributed by atoms with Crippen LogP contribution in [0.4, 0.5) is 8.78 Å². The molecule has 0 spiro atoms. The molecule has 15 heavy (non-hydrogen) atoms. The number of alkyl halides is 2. The second-order valence-corrected chi connectivity index (χ2v) is 2.91. The molecule has 6 heteroatoms. The number of pyridine rings is 1. The fourth-order valence-electron chi connectivity index (χ4n) is 1.18. The number of hydrogen-bond acceptors (Lipinski definition) is 3. The molecule has 0 unspecified atom stereocenters. The van der Waals surface area contributed by atoms with E-state index < -0.39 is 18.0 Å². The van der Waals surface area contributed by atoms with Gasteiger partial charge in [-0.15, -0.1) is 0 Å². The summed E-state index contributed by atoms with van der Waals surface area (Å²) in [5.74, 6) is -0.862. The molecule has 0 saturated carbocycles. The van der Waals surface area contributed by atoms with E-state index in [0.717, 1.165) is 0 Å². The van der Waals surface area contributed by atoms with Crippen LogP contribution >= 0.6 is 0 Å². The van der Waals surface area contributed by atoms with Crippen molar-refractivity contribution in [1.82, 2.24) is 4.98 Å². The summed E-state index contributed by atoms with van der Waals surface area (Å²) in [4.78, 5) is 14.4. The Morgan fingerprint density at radius 3 is 2.60 bits per heavy atom. The molecule has 82 valence electrons. The highest BCUT2D eigenvalue weighted by atomic mass is 19.3. The Hall–Kier alpha value is -1.72. The molecule has 0 aliphatic heterocycles. The topological polar surface area (TPSA) is 65.2 Å². The minimum atomic E-state index is -2.86. The molecule has 1 aromatic heterocycles. The largest absolute Gasteiger partial charge is 0.481 e. The SMILES string of the molecule is COc1nc(C(F)F)c(C(N)=O)cc1C. The number of carbonyl (C=O) groups excluding carboxylic acids is 1. The molecule has 0 saturated heterocycles. The van der Waals surface area contributed by atoms with Gasteiger partial charge >= 0.3 is 0 Å². The zero-order valence-corrected chi connectivity index (χ0v) is 8.25. The molecule has 0 aliphatic rings. The molecule has 1 amide bonds. The first kappa shape index (κ1) is 11.4. The van der Waals surface area contributed by atoms with Gasteiger partial charge in [-0.2, -0.15) is 0 Å². The summed E-state index contributed by atoms with van der Waals surface area (Å²) >= 11 is 0. The van der Waals surface area contributed by atoms with Crippen molar-refractivity contribution in [3.05, 3.63) is 22.9 Å². The number of rotatable bonds is 3. The number of amides is 1. The highest BCUT2D eigenvalue weighted by molar-refractivity contribution is 5.94. The molecule has 0 aliphatic carbocycles. The van der Waals surface area contributed by atoms with Crippen molar-refractivity contribution in [2.45, 2.75) is 13.3 Å². The van der Waals surface area contributed by atoms with Gasteiger partial charge < -0.3 is 10.5 Å². The third-order valence-corrected chi connectivity index (χ3v) is 1.86. The number of methoxy groups -OCH3 is 1. The predicted molar refractivity (Wildman–Crippen MR) is 49.0 cm³/mol. The lowest BCUT2D eigenvalue weighted by Crippen LogP contribution is -2.16. The van der Waals surface area contributed by atoms with Crippen LogP contribution in [0.3, 0.4) is 0 Å². The first-order chi connectivity index (χ1) is 6.97. The van der Waals surface area contributed by atoms with Crippen molar-refractivity contribution in [3.8, 4) is 5.88 Å². The summed E-state index contributed by atoms with van der Waals surface area (Å²) in [6.07, 6.45) is -2.86. The Labute approximate surface area is 85.1 Å². The molecule has 1 aromatic rings. The van der Waals surface area contributed by atoms with Crippen molar-refractivity contribution in [2.24, 2.45) is 5.73 Å². The highest BCUT2D eigenvalue weighted by Gasteiger charge is 2.20. The smallest absolute Gasteiger partial charge is 0.281 e. The lowest BCUT2D eigenvalue weighted by molar-refractivity contribution is 0.0982. The number of hydrogen-bond donors (Lipinski definition) is 1. The van der Waals surface area contributed by atoms with Crippen LogP contribution in [0.25, 0.3) is 0 Å². The van der Waals surface area contributed by atoms with E-state index in [-0.39, 0.29) is 11.4 Å². The average Bonchev–Trinajstić information content (AvgIpc) is 2.16. The summed E-state index contributed by atoms with van der Waals surface area (Å²) in [5.41, 5.74) is 4.52. The van der Waals surface area contributed by atoms with E-state index in [1.165, 1.54) is 13.2 Å². The van der Waals surface area contributed by atoms with Crippen LogP contribution in [-0.2, 0) is 0 Å². The number of nitrogens with zero attached hydrogens (tertiary/aromatic N) is 1. The van der Waals surface area contributed by atoms with Crippen molar-refractivity contribution in [3.63, 3.8) is 0 Å². The Bertz CT molecular complexity index is 394. The van der Waals surface area contributed by atoms with E-state index in [2.05, 4.69) is 4.98 Å². The van der Waals surface area contributed by atoms with Gasteiger partial charge in [0.05, 0.1) is 12.7 Å². The Morgan fingerprint density at radius 2 is 2.20 bits per heavy atom. The van der Waals surface area contributed by atoms with E-state index in [1.807, 2.05) is 0 Å².